The van der Waals surface area contributed by atoms with E-state index in [2.05, 4.69) is 5.16 Å². The zero-order valence-electron chi connectivity index (χ0n) is 9.94. The van der Waals surface area contributed by atoms with Gasteiger partial charge in [-0.25, -0.2) is 4.79 Å². The summed E-state index contributed by atoms with van der Waals surface area (Å²) in [5.41, 5.74) is 3.56. The standard InChI is InChI=1S/C13H13NO3/c1-7-4-5-8(2)10(6-7)12-9(3)11(13(15)16)14-17-12/h4-6H,1-3H3,(H,15,16). The number of benzene rings is 1. The van der Waals surface area contributed by atoms with E-state index in [1.807, 2.05) is 32.0 Å². The smallest absolute Gasteiger partial charge is 0.358 e. The topological polar surface area (TPSA) is 63.3 Å². The molecule has 0 aliphatic carbocycles. The number of aromatic nitrogens is 1. The summed E-state index contributed by atoms with van der Waals surface area (Å²) in [5.74, 6) is -0.536. The van der Waals surface area contributed by atoms with Gasteiger partial charge in [0, 0.05) is 11.1 Å². The highest BCUT2D eigenvalue weighted by molar-refractivity contribution is 5.89. The van der Waals surface area contributed by atoms with Gasteiger partial charge in [0.1, 0.15) is 0 Å². The Hall–Kier alpha value is -2.10. The molecule has 0 unspecified atom stereocenters. The Bertz CT molecular complexity index is 584. The number of aromatic carboxylic acids is 1. The summed E-state index contributed by atoms with van der Waals surface area (Å²) in [6.07, 6.45) is 0. The first kappa shape index (κ1) is 11.4. The van der Waals surface area contributed by atoms with Crippen molar-refractivity contribution in [1.82, 2.24) is 5.16 Å². The first-order valence-corrected chi connectivity index (χ1v) is 5.28. The van der Waals surface area contributed by atoms with Gasteiger partial charge in [-0.15, -0.1) is 0 Å². The Labute approximate surface area is 98.9 Å². The molecular formula is C13H13NO3. The van der Waals surface area contributed by atoms with Gasteiger partial charge in [0.25, 0.3) is 0 Å². The molecule has 0 saturated heterocycles. The third-order valence-corrected chi connectivity index (χ3v) is 2.76. The van der Waals surface area contributed by atoms with Crippen molar-refractivity contribution in [3.63, 3.8) is 0 Å². The molecule has 1 aromatic heterocycles. The quantitative estimate of drug-likeness (QED) is 0.863. The highest BCUT2D eigenvalue weighted by Crippen LogP contribution is 2.29. The zero-order valence-corrected chi connectivity index (χ0v) is 9.94. The lowest BCUT2D eigenvalue weighted by Crippen LogP contribution is -1.98. The Kier molecular flexibility index (Phi) is 2.71. The molecule has 1 N–H and O–H groups in total. The average Bonchev–Trinajstić information content (AvgIpc) is 2.64. The molecule has 17 heavy (non-hydrogen) atoms. The molecule has 2 rings (SSSR count). The summed E-state index contributed by atoms with van der Waals surface area (Å²) in [7, 11) is 0. The van der Waals surface area contributed by atoms with Crippen molar-refractivity contribution in [2.45, 2.75) is 20.8 Å². The minimum absolute atomic E-state index is 0.0269. The van der Waals surface area contributed by atoms with Crippen LogP contribution in [0.5, 0.6) is 0 Å². The van der Waals surface area contributed by atoms with E-state index in [-0.39, 0.29) is 5.69 Å². The van der Waals surface area contributed by atoms with Crippen LogP contribution in [0.4, 0.5) is 0 Å². The second-order valence-corrected chi connectivity index (χ2v) is 4.11. The van der Waals surface area contributed by atoms with Gasteiger partial charge in [0.15, 0.2) is 11.5 Å². The van der Waals surface area contributed by atoms with Crippen LogP contribution < -0.4 is 0 Å². The molecule has 4 nitrogen and oxygen atoms in total. The number of rotatable bonds is 2. The molecular weight excluding hydrogens is 218 g/mol. The predicted molar refractivity (Wildman–Crippen MR) is 63.1 cm³/mol. The number of hydrogen-bond acceptors (Lipinski definition) is 3. The fourth-order valence-electron chi connectivity index (χ4n) is 1.77. The molecule has 0 saturated carbocycles. The lowest BCUT2D eigenvalue weighted by molar-refractivity contribution is 0.0685. The Morgan fingerprint density at radius 1 is 1.29 bits per heavy atom. The van der Waals surface area contributed by atoms with Crippen molar-refractivity contribution >= 4 is 5.97 Å². The van der Waals surface area contributed by atoms with Crippen molar-refractivity contribution < 1.29 is 14.4 Å². The molecule has 0 spiro atoms. The van der Waals surface area contributed by atoms with Gasteiger partial charge >= 0.3 is 5.97 Å². The molecule has 0 amide bonds. The van der Waals surface area contributed by atoms with Crippen molar-refractivity contribution in [1.29, 1.82) is 0 Å². The van der Waals surface area contributed by atoms with Crippen LogP contribution in [0, 0.1) is 20.8 Å². The summed E-state index contributed by atoms with van der Waals surface area (Å²) in [6.45, 7) is 5.64. The van der Waals surface area contributed by atoms with Gasteiger partial charge in [-0.05, 0) is 32.4 Å². The molecule has 0 atom stereocenters. The van der Waals surface area contributed by atoms with Crippen LogP contribution in [0.3, 0.4) is 0 Å². The van der Waals surface area contributed by atoms with Gasteiger partial charge in [-0.3, -0.25) is 0 Å². The number of nitrogens with zero attached hydrogens (tertiary/aromatic N) is 1. The summed E-state index contributed by atoms with van der Waals surface area (Å²) < 4.78 is 5.15. The summed E-state index contributed by atoms with van der Waals surface area (Å²) in [5, 5.41) is 12.5. The number of aryl methyl sites for hydroxylation is 2. The molecule has 88 valence electrons. The van der Waals surface area contributed by atoms with Crippen molar-refractivity contribution in [3.05, 3.63) is 40.6 Å². The molecule has 0 fully saturated rings. The fraction of sp³-hybridized carbons (Fsp3) is 0.231. The number of carbonyl (C=O) groups is 1. The Morgan fingerprint density at radius 2 is 2.00 bits per heavy atom. The van der Waals surface area contributed by atoms with Crippen LogP contribution in [0.25, 0.3) is 11.3 Å². The largest absolute Gasteiger partial charge is 0.476 e. The predicted octanol–water partition coefficient (Wildman–Crippen LogP) is 2.97. The first-order chi connectivity index (χ1) is 8.00. The Balaban J connectivity index is 2.61. The van der Waals surface area contributed by atoms with Gasteiger partial charge < -0.3 is 9.63 Å². The molecule has 0 aliphatic rings. The van der Waals surface area contributed by atoms with E-state index in [9.17, 15) is 4.79 Å². The molecule has 1 aromatic carbocycles. The summed E-state index contributed by atoms with van der Waals surface area (Å²) in [6, 6.07) is 5.95. The van der Waals surface area contributed by atoms with Gasteiger partial charge in [-0.1, -0.05) is 22.9 Å². The van der Waals surface area contributed by atoms with Gasteiger partial charge in [0.2, 0.25) is 0 Å². The lowest BCUT2D eigenvalue weighted by Gasteiger charge is -2.04. The van der Waals surface area contributed by atoms with E-state index in [4.69, 9.17) is 9.63 Å². The van der Waals surface area contributed by atoms with E-state index < -0.39 is 5.97 Å². The second-order valence-electron chi connectivity index (χ2n) is 4.11. The van der Waals surface area contributed by atoms with Crippen LogP contribution >= 0.6 is 0 Å². The molecule has 4 heteroatoms. The highest BCUT2D eigenvalue weighted by Gasteiger charge is 2.19. The monoisotopic (exact) mass is 231 g/mol. The third kappa shape index (κ3) is 1.93. The molecule has 1 heterocycles. The van der Waals surface area contributed by atoms with E-state index in [0.29, 0.717) is 11.3 Å². The van der Waals surface area contributed by atoms with Crippen LogP contribution in [0.2, 0.25) is 0 Å². The van der Waals surface area contributed by atoms with E-state index in [0.717, 1.165) is 16.7 Å². The zero-order chi connectivity index (χ0) is 12.6. The SMILES string of the molecule is Cc1ccc(C)c(-c2onc(C(=O)O)c2C)c1. The molecule has 0 aliphatic heterocycles. The number of carboxylic acids is 1. The second kappa shape index (κ2) is 4.05. The maximum absolute atomic E-state index is 10.9. The maximum atomic E-state index is 10.9. The minimum Gasteiger partial charge on any atom is -0.476 e. The molecule has 0 radical (unpaired) electrons. The summed E-state index contributed by atoms with van der Waals surface area (Å²) >= 11 is 0. The molecule has 2 aromatic rings. The highest BCUT2D eigenvalue weighted by atomic mass is 16.5. The Morgan fingerprint density at radius 3 is 2.59 bits per heavy atom. The minimum atomic E-state index is -1.07. The van der Waals surface area contributed by atoms with Crippen LogP contribution in [-0.2, 0) is 0 Å². The van der Waals surface area contributed by atoms with E-state index in [1.165, 1.54) is 0 Å². The van der Waals surface area contributed by atoms with Crippen molar-refractivity contribution in [2.75, 3.05) is 0 Å². The van der Waals surface area contributed by atoms with E-state index in [1.54, 1.807) is 6.92 Å². The van der Waals surface area contributed by atoms with Crippen LogP contribution in [-0.4, -0.2) is 16.2 Å². The van der Waals surface area contributed by atoms with Gasteiger partial charge in [0.05, 0.1) is 0 Å². The normalized spacial score (nSPS) is 10.5. The van der Waals surface area contributed by atoms with Gasteiger partial charge in [-0.2, -0.15) is 0 Å². The third-order valence-electron chi connectivity index (χ3n) is 2.76. The number of carboxylic acid groups (broad SMARTS) is 1. The van der Waals surface area contributed by atoms with Crippen LogP contribution in [0.15, 0.2) is 22.7 Å². The average molecular weight is 231 g/mol. The lowest BCUT2D eigenvalue weighted by atomic mass is 10.0. The fourth-order valence-corrected chi connectivity index (χ4v) is 1.77. The summed E-state index contributed by atoms with van der Waals surface area (Å²) in [4.78, 5) is 10.9. The van der Waals surface area contributed by atoms with Crippen molar-refractivity contribution in [3.8, 4) is 11.3 Å². The van der Waals surface area contributed by atoms with Crippen LogP contribution in [0.1, 0.15) is 27.2 Å². The number of hydrogen-bond donors (Lipinski definition) is 1. The maximum Gasteiger partial charge on any atom is 0.358 e. The van der Waals surface area contributed by atoms with Crippen molar-refractivity contribution in [2.24, 2.45) is 0 Å². The first-order valence-electron chi connectivity index (χ1n) is 5.28. The van der Waals surface area contributed by atoms with E-state index >= 15 is 0 Å². The molecule has 0 bridgehead atoms.